The van der Waals surface area contributed by atoms with E-state index in [2.05, 4.69) is 6.92 Å². The Labute approximate surface area is 112 Å². The summed E-state index contributed by atoms with van der Waals surface area (Å²) in [6.45, 7) is 4.23. The number of rotatable bonds is 4. The number of ether oxygens (including phenoxy) is 1. The number of piperidine rings is 1. The minimum Gasteiger partial charge on any atom is -0.452 e. The number of furan rings is 1. The van der Waals surface area contributed by atoms with Crippen molar-refractivity contribution in [3.63, 3.8) is 0 Å². The highest BCUT2D eigenvalue weighted by molar-refractivity contribution is 6.32. The van der Waals surface area contributed by atoms with Gasteiger partial charge < -0.3 is 14.1 Å². The molecule has 0 bridgehead atoms. The zero-order valence-electron chi connectivity index (χ0n) is 10.5. The zero-order chi connectivity index (χ0) is 13.0. The van der Waals surface area contributed by atoms with Crippen LogP contribution in [0.2, 0.25) is 5.22 Å². The quantitative estimate of drug-likeness (QED) is 0.846. The van der Waals surface area contributed by atoms with Gasteiger partial charge in [-0.25, -0.2) is 0 Å². The second-order valence-electron chi connectivity index (χ2n) is 4.49. The van der Waals surface area contributed by atoms with Gasteiger partial charge >= 0.3 is 0 Å². The Morgan fingerprint density at radius 3 is 3.17 bits per heavy atom. The molecule has 1 fully saturated rings. The number of hydrogen-bond donors (Lipinski definition) is 0. The van der Waals surface area contributed by atoms with Crippen LogP contribution < -0.4 is 0 Å². The number of halogens is 1. The molecule has 2 heterocycles. The van der Waals surface area contributed by atoms with Gasteiger partial charge in [0.1, 0.15) is 0 Å². The summed E-state index contributed by atoms with van der Waals surface area (Å²) in [6.07, 6.45) is 4.56. The molecule has 0 spiro atoms. The van der Waals surface area contributed by atoms with Crippen molar-refractivity contribution in [1.82, 2.24) is 4.90 Å². The lowest BCUT2D eigenvalue weighted by Crippen LogP contribution is -2.43. The maximum absolute atomic E-state index is 12.2. The normalized spacial score (nSPS) is 20.1. The van der Waals surface area contributed by atoms with Crippen molar-refractivity contribution in [2.45, 2.75) is 32.3 Å². The van der Waals surface area contributed by atoms with Crippen LogP contribution in [0, 0.1) is 0 Å². The van der Waals surface area contributed by atoms with Crippen LogP contribution >= 0.6 is 11.6 Å². The molecule has 1 saturated heterocycles. The molecule has 1 atom stereocenters. The van der Waals surface area contributed by atoms with Gasteiger partial charge in [0.05, 0.1) is 17.9 Å². The first kappa shape index (κ1) is 13.4. The Bertz CT molecular complexity index is 405. The maximum Gasteiger partial charge on any atom is 0.258 e. The summed E-state index contributed by atoms with van der Waals surface area (Å²) in [6, 6.07) is 1.61. The first-order valence-corrected chi connectivity index (χ1v) is 6.74. The predicted octanol–water partition coefficient (Wildman–Crippen LogP) is 2.96. The summed E-state index contributed by atoms with van der Waals surface area (Å²) in [5.74, 6) is -0.0708. The Kier molecular flexibility index (Phi) is 4.66. The average Bonchev–Trinajstić information content (AvgIpc) is 2.82. The molecule has 18 heavy (non-hydrogen) atoms. The van der Waals surface area contributed by atoms with Crippen LogP contribution in [-0.4, -0.2) is 36.6 Å². The highest BCUT2D eigenvalue weighted by atomic mass is 35.5. The van der Waals surface area contributed by atoms with Crippen molar-refractivity contribution >= 4 is 17.5 Å². The summed E-state index contributed by atoms with van der Waals surface area (Å²) < 4.78 is 10.7. The number of amides is 1. The lowest BCUT2D eigenvalue weighted by Gasteiger charge is -2.32. The van der Waals surface area contributed by atoms with Crippen LogP contribution in [0.4, 0.5) is 0 Å². The van der Waals surface area contributed by atoms with Crippen molar-refractivity contribution in [3.05, 3.63) is 23.1 Å². The average molecular weight is 272 g/mol. The third-order valence-electron chi connectivity index (χ3n) is 3.07. The Morgan fingerprint density at radius 2 is 2.50 bits per heavy atom. The molecule has 0 saturated carbocycles. The van der Waals surface area contributed by atoms with E-state index in [1.54, 1.807) is 11.0 Å². The van der Waals surface area contributed by atoms with Crippen molar-refractivity contribution in [2.75, 3.05) is 19.7 Å². The van der Waals surface area contributed by atoms with Gasteiger partial charge in [-0.15, -0.1) is 0 Å². The van der Waals surface area contributed by atoms with Gasteiger partial charge in [0.25, 0.3) is 5.91 Å². The minimum absolute atomic E-state index is 0.0708. The van der Waals surface area contributed by atoms with Crippen LogP contribution in [0.25, 0.3) is 0 Å². The third-order valence-corrected chi connectivity index (χ3v) is 3.36. The third kappa shape index (κ3) is 3.06. The van der Waals surface area contributed by atoms with E-state index in [0.717, 1.165) is 32.4 Å². The minimum atomic E-state index is -0.0708. The fourth-order valence-corrected chi connectivity index (χ4v) is 2.35. The van der Waals surface area contributed by atoms with Crippen LogP contribution in [0.15, 0.2) is 16.7 Å². The van der Waals surface area contributed by atoms with Gasteiger partial charge in [-0.2, -0.15) is 0 Å². The Morgan fingerprint density at radius 1 is 1.67 bits per heavy atom. The predicted molar refractivity (Wildman–Crippen MR) is 68.9 cm³/mol. The van der Waals surface area contributed by atoms with E-state index in [-0.39, 0.29) is 17.2 Å². The number of nitrogens with zero attached hydrogens (tertiary/aromatic N) is 1. The summed E-state index contributed by atoms with van der Waals surface area (Å²) in [5.41, 5.74) is 0.438. The second-order valence-corrected chi connectivity index (χ2v) is 4.84. The van der Waals surface area contributed by atoms with E-state index in [0.29, 0.717) is 12.1 Å². The molecule has 1 amide bonds. The lowest BCUT2D eigenvalue weighted by atomic mass is 10.1. The number of hydrogen-bond acceptors (Lipinski definition) is 3. The molecular weight excluding hydrogens is 254 g/mol. The van der Waals surface area contributed by atoms with E-state index >= 15 is 0 Å². The topological polar surface area (TPSA) is 42.7 Å². The molecule has 0 aromatic carbocycles. The van der Waals surface area contributed by atoms with Crippen LogP contribution in [0.1, 0.15) is 36.5 Å². The second kappa shape index (κ2) is 6.25. The molecule has 5 heteroatoms. The molecule has 1 unspecified atom stereocenters. The maximum atomic E-state index is 12.2. The summed E-state index contributed by atoms with van der Waals surface area (Å²) in [7, 11) is 0. The molecule has 2 rings (SSSR count). The van der Waals surface area contributed by atoms with E-state index in [9.17, 15) is 4.79 Å². The monoisotopic (exact) mass is 271 g/mol. The SMILES string of the molecule is CCCOC1CCCN(C(=O)c2ccoc2Cl)C1. The van der Waals surface area contributed by atoms with E-state index in [1.807, 2.05) is 0 Å². The van der Waals surface area contributed by atoms with E-state index in [1.165, 1.54) is 6.26 Å². The molecule has 1 aromatic rings. The highest BCUT2D eigenvalue weighted by Crippen LogP contribution is 2.21. The molecule has 4 nitrogen and oxygen atoms in total. The molecule has 1 aromatic heterocycles. The van der Waals surface area contributed by atoms with Gasteiger partial charge in [0.15, 0.2) is 0 Å². The number of carbonyl (C=O) groups is 1. The highest BCUT2D eigenvalue weighted by Gasteiger charge is 2.26. The molecule has 0 radical (unpaired) electrons. The summed E-state index contributed by atoms with van der Waals surface area (Å²) >= 11 is 5.83. The summed E-state index contributed by atoms with van der Waals surface area (Å²) in [4.78, 5) is 14.0. The molecular formula is C13H18ClNO3. The van der Waals surface area contributed by atoms with Crippen molar-refractivity contribution in [2.24, 2.45) is 0 Å². The number of likely N-dealkylation sites (tertiary alicyclic amines) is 1. The van der Waals surface area contributed by atoms with Crippen LogP contribution in [0.5, 0.6) is 0 Å². The van der Waals surface area contributed by atoms with Crippen LogP contribution in [-0.2, 0) is 4.74 Å². The smallest absolute Gasteiger partial charge is 0.258 e. The first-order chi connectivity index (χ1) is 8.72. The largest absolute Gasteiger partial charge is 0.452 e. The van der Waals surface area contributed by atoms with Crippen molar-refractivity contribution in [1.29, 1.82) is 0 Å². The van der Waals surface area contributed by atoms with Gasteiger partial charge in [-0.1, -0.05) is 6.92 Å². The first-order valence-electron chi connectivity index (χ1n) is 6.36. The zero-order valence-corrected chi connectivity index (χ0v) is 11.3. The van der Waals surface area contributed by atoms with Crippen LogP contribution in [0.3, 0.4) is 0 Å². The van der Waals surface area contributed by atoms with Gasteiger partial charge in [-0.05, 0) is 36.9 Å². The van der Waals surface area contributed by atoms with Crippen molar-refractivity contribution < 1.29 is 13.9 Å². The van der Waals surface area contributed by atoms with Gasteiger partial charge in [-0.3, -0.25) is 4.79 Å². The lowest BCUT2D eigenvalue weighted by molar-refractivity contribution is 0.00209. The Hall–Kier alpha value is -1.00. The van der Waals surface area contributed by atoms with E-state index in [4.69, 9.17) is 20.8 Å². The fourth-order valence-electron chi connectivity index (χ4n) is 2.16. The molecule has 1 aliphatic heterocycles. The summed E-state index contributed by atoms with van der Waals surface area (Å²) in [5, 5.41) is 0.164. The van der Waals surface area contributed by atoms with E-state index < -0.39 is 0 Å². The standard InChI is InChI=1S/C13H18ClNO3/c1-2-7-17-10-4-3-6-15(9-10)13(16)11-5-8-18-12(11)14/h5,8,10H,2-4,6-7,9H2,1H3. The molecule has 0 N–H and O–H groups in total. The van der Waals surface area contributed by atoms with Crippen molar-refractivity contribution in [3.8, 4) is 0 Å². The van der Waals surface area contributed by atoms with Gasteiger partial charge in [0, 0.05) is 19.7 Å². The fraction of sp³-hybridized carbons (Fsp3) is 0.615. The van der Waals surface area contributed by atoms with Gasteiger partial charge in [0.2, 0.25) is 5.22 Å². The molecule has 0 aliphatic carbocycles. The molecule has 1 aliphatic rings. The molecule has 100 valence electrons. The number of carbonyl (C=O) groups excluding carboxylic acids is 1. The Balaban J connectivity index is 1.96.